The number of nitrogens with zero attached hydrogens (tertiary/aromatic N) is 4. The molecule has 37 heavy (non-hydrogen) atoms. The molecule has 5 rings (SSSR count). The van der Waals surface area contributed by atoms with Crippen LogP contribution < -0.4 is 14.9 Å². The second-order valence-electron chi connectivity index (χ2n) is 8.49. The van der Waals surface area contributed by atoms with Crippen LogP contribution in [0.5, 0.6) is 0 Å². The van der Waals surface area contributed by atoms with E-state index in [2.05, 4.69) is 15.0 Å². The number of nitro groups is 1. The summed E-state index contributed by atoms with van der Waals surface area (Å²) >= 11 is 5.77. The molecule has 0 bridgehead atoms. The molecule has 0 saturated carbocycles. The van der Waals surface area contributed by atoms with E-state index in [0.717, 1.165) is 29.0 Å². The number of aromatic nitrogens is 2. The standard InChI is InChI=1S/C25H22N6O4S2/c1-37(34,35)28-17-7-9-19(10-8-17)30-24(23(27-25(30)36)21-5-2-3-15-26-21)22-6-4-16-29(22)18-11-13-20(14-12-18)31(32)33/h2-16,23-24,28H,1H3,(H,27,36)/t23-,24+/m0/s1. The van der Waals surface area contributed by atoms with Crippen molar-refractivity contribution in [1.82, 2.24) is 14.9 Å². The smallest absolute Gasteiger partial charge is 0.269 e. The molecule has 0 unspecified atom stereocenters. The number of nitro benzene ring substituents is 1. The van der Waals surface area contributed by atoms with Crippen LogP contribution in [0.15, 0.2) is 91.3 Å². The molecule has 4 aromatic rings. The minimum Gasteiger partial charge on any atom is -0.351 e. The molecule has 0 spiro atoms. The van der Waals surface area contributed by atoms with Crippen LogP contribution in [0.1, 0.15) is 23.5 Å². The Kier molecular flexibility index (Phi) is 6.36. The minimum absolute atomic E-state index is 0.0111. The van der Waals surface area contributed by atoms with Gasteiger partial charge < -0.3 is 14.8 Å². The molecule has 3 heterocycles. The number of hydrogen-bond donors (Lipinski definition) is 2. The van der Waals surface area contributed by atoms with Gasteiger partial charge in [-0.1, -0.05) is 6.07 Å². The van der Waals surface area contributed by atoms with Crippen molar-refractivity contribution in [2.24, 2.45) is 0 Å². The third-order valence-electron chi connectivity index (χ3n) is 5.97. The molecule has 2 aromatic carbocycles. The summed E-state index contributed by atoms with van der Waals surface area (Å²) in [7, 11) is -3.41. The van der Waals surface area contributed by atoms with Crippen LogP contribution in [-0.4, -0.2) is 34.3 Å². The van der Waals surface area contributed by atoms with Gasteiger partial charge in [-0.05, 0) is 72.9 Å². The Bertz CT molecular complexity index is 1550. The highest BCUT2D eigenvalue weighted by molar-refractivity contribution is 7.92. The largest absolute Gasteiger partial charge is 0.351 e. The molecule has 0 amide bonds. The van der Waals surface area contributed by atoms with Crippen molar-refractivity contribution in [1.29, 1.82) is 0 Å². The maximum Gasteiger partial charge on any atom is 0.269 e. The first-order chi connectivity index (χ1) is 17.7. The number of rotatable bonds is 7. The van der Waals surface area contributed by atoms with E-state index in [1.807, 2.05) is 46.0 Å². The van der Waals surface area contributed by atoms with Crippen LogP contribution in [0.3, 0.4) is 0 Å². The van der Waals surface area contributed by atoms with Gasteiger partial charge in [0.2, 0.25) is 10.0 Å². The Balaban J connectivity index is 1.59. The van der Waals surface area contributed by atoms with E-state index in [4.69, 9.17) is 12.2 Å². The van der Waals surface area contributed by atoms with Gasteiger partial charge in [-0.2, -0.15) is 0 Å². The van der Waals surface area contributed by atoms with E-state index < -0.39 is 14.9 Å². The fourth-order valence-electron chi connectivity index (χ4n) is 4.44. The van der Waals surface area contributed by atoms with Gasteiger partial charge >= 0.3 is 0 Å². The average molecular weight is 535 g/mol. The second kappa shape index (κ2) is 9.64. The van der Waals surface area contributed by atoms with Gasteiger partial charge in [0, 0.05) is 47.3 Å². The highest BCUT2D eigenvalue weighted by Crippen LogP contribution is 2.42. The first-order valence-electron chi connectivity index (χ1n) is 11.2. The van der Waals surface area contributed by atoms with Crippen molar-refractivity contribution in [3.05, 3.63) is 113 Å². The van der Waals surface area contributed by atoms with Gasteiger partial charge in [0.05, 0.1) is 22.9 Å². The lowest BCUT2D eigenvalue weighted by atomic mass is 10.0. The minimum atomic E-state index is -3.41. The number of nitrogens with one attached hydrogen (secondary N) is 2. The quantitative estimate of drug-likeness (QED) is 0.204. The van der Waals surface area contributed by atoms with Crippen molar-refractivity contribution in [2.75, 3.05) is 15.9 Å². The van der Waals surface area contributed by atoms with E-state index >= 15 is 0 Å². The molecule has 12 heteroatoms. The van der Waals surface area contributed by atoms with Crippen molar-refractivity contribution in [3.63, 3.8) is 0 Å². The van der Waals surface area contributed by atoms with E-state index in [1.165, 1.54) is 12.1 Å². The van der Waals surface area contributed by atoms with Crippen LogP contribution in [0, 0.1) is 10.1 Å². The van der Waals surface area contributed by atoms with Gasteiger partial charge in [-0.25, -0.2) is 8.42 Å². The van der Waals surface area contributed by atoms with E-state index in [-0.39, 0.29) is 17.8 Å². The molecule has 10 nitrogen and oxygen atoms in total. The summed E-state index contributed by atoms with van der Waals surface area (Å²) in [4.78, 5) is 17.2. The maximum absolute atomic E-state index is 11.6. The monoisotopic (exact) mass is 534 g/mol. The molecule has 2 N–H and O–H groups in total. The normalized spacial score (nSPS) is 17.4. The summed E-state index contributed by atoms with van der Waals surface area (Å²) in [6.07, 6.45) is 4.71. The molecule has 0 radical (unpaired) electrons. The van der Waals surface area contributed by atoms with E-state index in [0.29, 0.717) is 10.8 Å². The molecule has 1 aliphatic rings. The van der Waals surface area contributed by atoms with E-state index in [9.17, 15) is 18.5 Å². The Morgan fingerprint density at radius 3 is 2.32 bits per heavy atom. The average Bonchev–Trinajstić information content (AvgIpc) is 3.48. The third-order valence-corrected chi connectivity index (χ3v) is 6.89. The summed E-state index contributed by atoms with van der Waals surface area (Å²) < 4.78 is 27.7. The van der Waals surface area contributed by atoms with Crippen LogP contribution in [0.25, 0.3) is 5.69 Å². The van der Waals surface area contributed by atoms with Gasteiger partial charge in [0.15, 0.2) is 5.11 Å². The first kappa shape index (κ1) is 24.4. The molecule has 2 atom stereocenters. The molecule has 1 fully saturated rings. The molecule has 0 aliphatic carbocycles. The molecule has 1 aliphatic heterocycles. The predicted octanol–water partition coefficient (Wildman–Crippen LogP) is 4.33. The number of benzene rings is 2. The number of pyridine rings is 1. The van der Waals surface area contributed by atoms with Crippen molar-refractivity contribution in [3.8, 4) is 5.69 Å². The molecule has 188 valence electrons. The summed E-state index contributed by atoms with van der Waals surface area (Å²) in [5, 5.41) is 15.0. The second-order valence-corrected chi connectivity index (χ2v) is 10.6. The zero-order valence-corrected chi connectivity index (χ0v) is 21.2. The van der Waals surface area contributed by atoms with Crippen molar-refractivity contribution in [2.45, 2.75) is 12.1 Å². The molecule has 1 saturated heterocycles. The van der Waals surface area contributed by atoms with Crippen LogP contribution in [-0.2, 0) is 10.0 Å². The molecular formula is C25H22N6O4S2. The van der Waals surface area contributed by atoms with Gasteiger partial charge in [0.1, 0.15) is 6.04 Å². The van der Waals surface area contributed by atoms with Gasteiger partial charge in [0.25, 0.3) is 5.69 Å². The lowest BCUT2D eigenvalue weighted by Crippen LogP contribution is -2.30. The predicted molar refractivity (Wildman–Crippen MR) is 145 cm³/mol. The summed E-state index contributed by atoms with van der Waals surface area (Å²) in [6.45, 7) is 0. The van der Waals surface area contributed by atoms with Crippen LogP contribution >= 0.6 is 12.2 Å². The Morgan fingerprint density at radius 1 is 1.00 bits per heavy atom. The van der Waals surface area contributed by atoms with Crippen LogP contribution in [0.2, 0.25) is 0 Å². The fraction of sp³-hybridized carbons (Fsp3) is 0.120. The van der Waals surface area contributed by atoms with Gasteiger partial charge in [-0.15, -0.1) is 0 Å². The van der Waals surface area contributed by atoms with Crippen molar-refractivity contribution >= 4 is 44.4 Å². The molecule has 2 aromatic heterocycles. The maximum atomic E-state index is 11.6. The number of hydrogen-bond acceptors (Lipinski definition) is 6. The molecular weight excluding hydrogens is 512 g/mol. The summed E-state index contributed by atoms with van der Waals surface area (Å²) in [5.74, 6) is 0. The van der Waals surface area contributed by atoms with Crippen LogP contribution in [0.4, 0.5) is 17.1 Å². The summed E-state index contributed by atoms with van der Waals surface area (Å²) in [6, 6.07) is 22.2. The van der Waals surface area contributed by atoms with Gasteiger partial charge in [-0.3, -0.25) is 19.8 Å². The number of anilines is 2. The topological polar surface area (TPSA) is 122 Å². The number of thiocarbonyl (C=S) groups is 1. The number of non-ortho nitro benzene ring substituents is 1. The SMILES string of the molecule is CS(=O)(=O)Nc1ccc(N2C(=S)N[C@@H](c3ccccn3)[C@H]2c2cccn2-c2ccc([N+](=O)[O-])cc2)cc1. The van der Waals surface area contributed by atoms with Crippen molar-refractivity contribution < 1.29 is 13.3 Å². The lowest BCUT2D eigenvalue weighted by Gasteiger charge is -2.29. The summed E-state index contributed by atoms with van der Waals surface area (Å²) in [5.41, 5.74) is 3.65. The van der Waals surface area contributed by atoms with E-state index in [1.54, 1.807) is 42.6 Å². The fourth-order valence-corrected chi connectivity index (χ4v) is 5.35. The number of sulfonamides is 1. The zero-order chi connectivity index (χ0) is 26.2. The Morgan fingerprint density at radius 2 is 1.70 bits per heavy atom. The third kappa shape index (κ3) is 5.01. The lowest BCUT2D eigenvalue weighted by molar-refractivity contribution is -0.384. The highest BCUT2D eigenvalue weighted by atomic mass is 32.2. The Hall–Kier alpha value is -4.29. The highest BCUT2D eigenvalue weighted by Gasteiger charge is 2.42. The Labute approximate surface area is 218 Å². The first-order valence-corrected chi connectivity index (χ1v) is 13.5. The zero-order valence-electron chi connectivity index (χ0n) is 19.6.